The van der Waals surface area contributed by atoms with Crippen molar-refractivity contribution in [3.05, 3.63) is 41.1 Å². The van der Waals surface area contributed by atoms with Gasteiger partial charge in [-0.15, -0.1) is 5.10 Å². The zero-order chi connectivity index (χ0) is 17.5. The van der Waals surface area contributed by atoms with Gasteiger partial charge in [-0.25, -0.2) is 0 Å². The number of anilines is 3. The summed E-state index contributed by atoms with van der Waals surface area (Å²) >= 11 is 0. The Labute approximate surface area is 141 Å². The van der Waals surface area contributed by atoms with Crippen molar-refractivity contribution in [1.29, 1.82) is 5.26 Å². The minimum atomic E-state index is -0.0314. The first kappa shape index (κ1) is 17.4. The monoisotopic (exact) mass is 323 g/mol. The second-order valence-electron chi connectivity index (χ2n) is 5.27. The Morgan fingerprint density at radius 3 is 2.29 bits per heavy atom. The summed E-state index contributed by atoms with van der Waals surface area (Å²) in [6.07, 6.45) is 1.92. The van der Waals surface area contributed by atoms with Gasteiger partial charge in [0.1, 0.15) is 11.6 Å². The first-order chi connectivity index (χ1) is 11.6. The number of nitriles is 1. The van der Waals surface area contributed by atoms with E-state index in [9.17, 15) is 10.1 Å². The number of rotatable bonds is 6. The lowest BCUT2D eigenvalue weighted by molar-refractivity contribution is -0.115. The highest BCUT2D eigenvalue weighted by Crippen LogP contribution is 2.24. The summed E-state index contributed by atoms with van der Waals surface area (Å²) in [5.74, 6) is 0.424. The van der Waals surface area contributed by atoms with E-state index in [1.165, 1.54) is 0 Å². The Morgan fingerprint density at radius 2 is 1.75 bits per heavy atom. The minimum Gasteiger partial charge on any atom is -0.338 e. The molecule has 0 aliphatic carbocycles. The van der Waals surface area contributed by atoms with Crippen molar-refractivity contribution in [3.63, 3.8) is 0 Å². The number of amides is 1. The number of hydrogen-bond acceptors (Lipinski definition) is 5. The van der Waals surface area contributed by atoms with Gasteiger partial charge >= 0.3 is 0 Å². The van der Waals surface area contributed by atoms with Crippen LogP contribution < -0.4 is 10.6 Å². The van der Waals surface area contributed by atoms with E-state index in [1.54, 1.807) is 19.1 Å². The lowest BCUT2D eigenvalue weighted by atomic mass is 10.0. The summed E-state index contributed by atoms with van der Waals surface area (Å²) in [6.45, 7) is 5.81. The molecule has 0 unspecified atom stereocenters. The molecule has 1 aromatic carbocycles. The average Bonchev–Trinajstić information content (AvgIpc) is 2.62. The lowest BCUT2D eigenvalue weighted by Crippen LogP contribution is -2.09. The molecule has 1 amide bonds. The first-order valence-corrected chi connectivity index (χ1v) is 8.08. The molecule has 6 nitrogen and oxygen atoms in total. The van der Waals surface area contributed by atoms with Crippen LogP contribution in [0.5, 0.6) is 0 Å². The van der Waals surface area contributed by atoms with Crippen molar-refractivity contribution in [1.82, 2.24) is 10.2 Å². The highest BCUT2D eigenvalue weighted by Gasteiger charge is 2.14. The summed E-state index contributed by atoms with van der Waals surface area (Å²) in [6, 6.07) is 9.49. The Balaban J connectivity index is 2.25. The summed E-state index contributed by atoms with van der Waals surface area (Å²) in [4.78, 5) is 11.4. The van der Waals surface area contributed by atoms with Crippen LogP contribution in [0.2, 0.25) is 0 Å². The van der Waals surface area contributed by atoms with Crippen LogP contribution in [-0.2, 0) is 17.6 Å². The SMILES string of the molecule is CCC(=O)Nc1ccc(Nc2nnc(CC)c(CC)c2C#N)cc1. The molecule has 0 radical (unpaired) electrons. The lowest BCUT2D eigenvalue weighted by Gasteiger charge is -2.12. The van der Waals surface area contributed by atoms with Crippen molar-refractivity contribution < 1.29 is 4.79 Å². The van der Waals surface area contributed by atoms with Gasteiger partial charge in [-0.1, -0.05) is 20.8 Å². The van der Waals surface area contributed by atoms with Crippen LogP contribution in [0.1, 0.15) is 44.0 Å². The standard InChI is InChI=1S/C18H21N5O/c1-4-14-15(11-19)18(23-22-16(14)5-2)21-13-9-7-12(8-10-13)20-17(24)6-3/h7-10H,4-6H2,1-3H3,(H,20,24)(H,21,23). The molecule has 0 saturated heterocycles. The molecule has 0 aliphatic rings. The third-order valence-corrected chi connectivity index (χ3v) is 3.71. The van der Waals surface area contributed by atoms with E-state index in [0.29, 0.717) is 17.8 Å². The molecular weight excluding hydrogens is 302 g/mol. The highest BCUT2D eigenvalue weighted by molar-refractivity contribution is 5.90. The number of nitrogens with zero attached hydrogens (tertiary/aromatic N) is 3. The number of benzene rings is 1. The van der Waals surface area contributed by atoms with Crippen molar-refractivity contribution in [2.75, 3.05) is 10.6 Å². The summed E-state index contributed by atoms with van der Waals surface area (Å²) in [5, 5.41) is 23.8. The molecule has 1 aromatic heterocycles. The van der Waals surface area contributed by atoms with E-state index >= 15 is 0 Å². The Bertz CT molecular complexity index is 762. The molecule has 24 heavy (non-hydrogen) atoms. The maximum absolute atomic E-state index is 11.4. The molecule has 2 rings (SSSR count). The largest absolute Gasteiger partial charge is 0.338 e. The Kier molecular flexibility index (Phi) is 5.85. The second kappa shape index (κ2) is 8.06. The van der Waals surface area contributed by atoms with Gasteiger partial charge in [-0.05, 0) is 42.7 Å². The topological polar surface area (TPSA) is 90.7 Å². The van der Waals surface area contributed by atoms with Gasteiger partial charge in [0.2, 0.25) is 5.91 Å². The minimum absolute atomic E-state index is 0.0314. The molecule has 2 aromatic rings. The number of nitrogens with one attached hydrogen (secondary N) is 2. The van der Waals surface area contributed by atoms with E-state index < -0.39 is 0 Å². The van der Waals surface area contributed by atoms with Gasteiger partial charge in [0.05, 0.1) is 5.69 Å². The van der Waals surface area contributed by atoms with E-state index in [0.717, 1.165) is 35.5 Å². The summed E-state index contributed by atoms with van der Waals surface area (Å²) < 4.78 is 0. The maximum atomic E-state index is 11.4. The Morgan fingerprint density at radius 1 is 1.08 bits per heavy atom. The molecule has 0 atom stereocenters. The van der Waals surface area contributed by atoms with E-state index in [2.05, 4.69) is 26.9 Å². The van der Waals surface area contributed by atoms with E-state index in [4.69, 9.17) is 0 Å². The molecule has 124 valence electrons. The quantitative estimate of drug-likeness (QED) is 0.848. The van der Waals surface area contributed by atoms with Gasteiger partial charge < -0.3 is 10.6 Å². The molecule has 0 saturated carbocycles. The van der Waals surface area contributed by atoms with Crippen LogP contribution in [0.3, 0.4) is 0 Å². The second-order valence-corrected chi connectivity index (χ2v) is 5.27. The van der Waals surface area contributed by atoms with Gasteiger partial charge in [0, 0.05) is 17.8 Å². The predicted molar refractivity (Wildman–Crippen MR) is 94.1 cm³/mol. The third kappa shape index (κ3) is 3.87. The fraction of sp³-hybridized carbons (Fsp3) is 0.333. The van der Waals surface area contributed by atoms with E-state index in [1.807, 2.05) is 26.0 Å². The Hall–Kier alpha value is -2.94. The van der Waals surface area contributed by atoms with Crippen LogP contribution >= 0.6 is 0 Å². The van der Waals surface area contributed by atoms with Crippen molar-refractivity contribution in [3.8, 4) is 6.07 Å². The number of hydrogen-bond donors (Lipinski definition) is 2. The molecular formula is C18H21N5O. The maximum Gasteiger partial charge on any atom is 0.224 e. The van der Waals surface area contributed by atoms with Crippen LogP contribution in [0.25, 0.3) is 0 Å². The summed E-state index contributed by atoms with van der Waals surface area (Å²) in [5.41, 5.74) is 3.84. The van der Waals surface area contributed by atoms with Crippen LogP contribution in [0.4, 0.5) is 17.2 Å². The smallest absolute Gasteiger partial charge is 0.224 e. The van der Waals surface area contributed by atoms with Crippen LogP contribution in [0, 0.1) is 11.3 Å². The zero-order valence-corrected chi connectivity index (χ0v) is 14.2. The molecule has 0 bridgehead atoms. The van der Waals surface area contributed by atoms with Crippen LogP contribution in [-0.4, -0.2) is 16.1 Å². The third-order valence-electron chi connectivity index (χ3n) is 3.71. The summed E-state index contributed by atoms with van der Waals surface area (Å²) in [7, 11) is 0. The van der Waals surface area contributed by atoms with Gasteiger partial charge in [0.15, 0.2) is 5.82 Å². The first-order valence-electron chi connectivity index (χ1n) is 8.08. The highest BCUT2D eigenvalue weighted by atomic mass is 16.1. The predicted octanol–water partition coefficient (Wildman–Crippen LogP) is 3.57. The average molecular weight is 323 g/mol. The molecule has 1 heterocycles. The normalized spacial score (nSPS) is 10.1. The molecule has 0 fully saturated rings. The molecule has 6 heteroatoms. The number of aryl methyl sites for hydroxylation is 1. The van der Waals surface area contributed by atoms with Gasteiger partial charge in [-0.3, -0.25) is 4.79 Å². The number of aromatic nitrogens is 2. The fourth-order valence-electron chi connectivity index (χ4n) is 2.40. The van der Waals surface area contributed by atoms with Gasteiger partial charge in [0.25, 0.3) is 0 Å². The van der Waals surface area contributed by atoms with Crippen molar-refractivity contribution >= 4 is 23.1 Å². The van der Waals surface area contributed by atoms with Crippen LogP contribution in [0.15, 0.2) is 24.3 Å². The number of carbonyl (C=O) groups is 1. The zero-order valence-electron chi connectivity index (χ0n) is 14.2. The molecule has 0 aliphatic heterocycles. The molecule has 2 N–H and O–H groups in total. The van der Waals surface area contributed by atoms with Crippen molar-refractivity contribution in [2.24, 2.45) is 0 Å². The molecule has 0 spiro atoms. The van der Waals surface area contributed by atoms with E-state index in [-0.39, 0.29) is 5.91 Å². The fourth-order valence-corrected chi connectivity index (χ4v) is 2.40. The van der Waals surface area contributed by atoms with Crippen molar-refractivity contribution in [2.45, 2.75) is 40.0 Å². The van der Waals surface area contributed by atoms with Gasteiger partial charge in [-0.2, -0.15) is 10.4 Å². The number of carbonyl (C=O) groups excluding carboxylic acids is 1.